The molecule has 1 aliphatic carbocycles. The van der Waals surface area contributed by atoms with Gasteiger partial charge in [-0.15, -0.1) is 0 Å². The van der Waals surface area contributed by atoms with Crippen LogP contribution in [0.5, 0.6) is 0 Å². The Kier molecular flexibility index (Phi) is 6.38. The molecule has 0 aliphatic heterocycles. The first-order chi connectivity index (χ1) is 9.33. The summed E-state index contributed by atoms with van der Waals surface area (Å²) in [4.78, 5) is 0. The number of rotatable bonds is 4. The number of benzene rings is 1. The summed E-state index contributed by atoms with van der Waals surface area (Å²) < 4.78 is 1.37. The predicted octanol–water partition coefficient (Wildman–Crippen LogP) is 5.22. The summed E-state index contributed by atoms with van der Waals surface area (Å²) in [5, 5.41) is 3.68. The number of nitrogens with one attached hydrogen (secondary N) is 1. The van der Waals surface area contributed by atoms with Crippen LogP contribution in [0.25, 0.3) is 0 Å². The lowest BCUT2D eigenvalue weighted by atomic mass is 9.91. The van der Waals surface area contributed by atoms with Crippen LogP contribution in [-0.2, 0) is 0 Å². The zero-order valence-electron chi connectivity index (χ0n) is 11.8. The summed E-state index contributed by atoms with van der Waals surface area (Å²) in [6.07, 6.45) is 10.5. The molecule has 0 radical (unpaired) electrons. The second-order valence-corrected chi connectivity index (χ2v) is 6.41. The largest absolute Gasteiger partial charge is 0.307 e. The Morgan fingerprint density at radius 2 is 1.95 bits per heavy atom. The molecule has 0 amide bonds. The van der Waals surface area contributed by atoms with Gasteiger partial charge in [-0.2, -0.15) is 0 Å². The molecule has 104 valence electrons. The van der Waals surface area contributed by atoms with E-state index in [1.807, 2.05) is 0 Å². The van der Waals surface area contributed by atoms with Gasteiger partial charge in [0.1, 0.15) is 0 Å². The molecule has 0 saturated heterocycles. The van der Waals surface area contributed by atoms with Gasteiger partial charge in [-0.05, 0) is 66.4 Å². The maximum atomic E-state index is 3.68. The molecule has 0 spiro atoms. The Bertz CT molecular complexity index is 425. The number of allylic oxidation sites excluding steroid dienone is 1. The molecule has 0 bridgehead atoms. The van der Waals surface area contributed by atoms with Crippen molar-refractivity contribution in [1.29, 1.82) is 0 Å². The zero-order valence-corrected chi connectivity index (χ0v) is 13.9. The van der Waals surface area contributed by atoms with Crippen LogP contribution in [0.3, 0.4) is 0 Å². The van der Waals surface area contributed by atoms with Crippen molar-refractivity contribution in [2.75, 3.05) is 6.54 Å². The topological polar surface area (TPSA) is 12.0 Å². The lowest BCUT2D eigenvalue weighted by Crippen LogP contribution is -2.24. The molecule has 1 atom stereocenters. The zero-order chi connectivity index (χ0) is 13.5. The van der Waals surface area contributed by atoms with E-state index in [4.69, 9.17) is 0 Å². The van der Waals surface area contributed by atoms with Crippen LogP contribution in [0.1, 0.15) is 57.1 Å². The molecule has 1 aliphatic rings. The van der Waals surface area contributed by atoms with Gasteiger partial charge >= 0.3 is 0 Å². The molecule has 0 fully saturated rings. The number of halogens is 1. The van der Waals surface area contributed by atoms with Crippen molar-refractivity contribution in [3.63, 3.8) is 0 Å². The van der Waals surface area contributed by atoms with Crippen molar-refractivity contribution in [2.24, 2.45) is 0 Å². The second kappa shape index (κ2) is 8.05. The lowest BCUT2D eigenvalue weighted by molar-refractivity contribution is 0.553. The average Bonchev–Trinajstić information content (AvgIpc) is 2.37. The van der Waals surface area contributed by atoms with E-state index in [2.05, 4.69) is 65.2 Å². The van der Waals surface area contributed by atoms with E-state index < -0.39 is 0 Å². The average molecular weight is 369 g/mol. The van der Waals surface area contributed by atoms with Crippen LogP contribution in [0, 0.1) is 3.57 Å². The summed E-state index contributed by atoms with van der Waals surface area (Å²) in [5.41, 5.74) is 3.04. The smallest absolute Gasteiger partial charge is 0.0546 e. The minimum absolute atomic E-state index is 0.413. The van der Waals surface area contributed by atoms with E-state index in [1.165, 1.54) is 47.7 Å². The van der Waals surface area contributed by atoms with Crippen LogP contribution in [0.4, 0.5) is 0 Å². The monoisotopic (exact) mass is 369 g/mol. The van der Waals surface area contributed by atoms with Crippen LogP contribution in [0.15, 0.2) is 35.9 Å². The molecule has 0 aromatic heterocycles. The van der Waals surface area contributed by atoms with Crippen LogP contribution >= 0.6 is 22.6 Å². The molecule has 2 rings (SSSR count). The fourth-order valence-electron chi connectivity index (χ4n) is 2.83. The van der Waals surface area contributed by atoms with E-state index in [0.717, 1.165) is 6.54 Å². The van der Waals surface area contributed by atoms with Crippen molar-refractivity contribution < 1.29 is 0 Å². The highest BCUT2D eigenvalue weighted by Crippen LogP contribution is 2.31. The normalized spacial score (nSPS) is 21.1. The van der Waals surface area contributed by atoms with E-state index >= 15 is 0 Å². The molecule has 0 saturated carbocycles. The fraction of sp³-hybridized carbons (Fsp3) is 0.529. The SMILES string of the molecule is CCNC(/C1=C/CCCCCC1)c1ccccc1I. The summed E-state index contributed by atoms with van der Waals surface area (Å²) >= 11 is 2.46. The molecule has 1 aromatic rings. The minimum atomic E-state index is 0.413. The summed E-state index contributed by atoms with van der Waals surface area (Å²) in [6, 6.07) is 9.18. The lowest BCUT2D eigenvalue weighted by Gasteiger charge is -2.24. The van der Waals surface area contributed by atoms with Gasteiger partial charge in [0.15, 0.2) is 0 Å². The first kappa shape index (κ1) is 15.0. The molecule has 1 aromatic carbocycles. The first-order valence-electron chi connectivity index (χ1n) is 7.49. The second-order valence-electron chi connectivity index (χ2n) is 5.24. The highest BCUT2D eigenvalue weighted by molar-refractivity contribution is 14.1. The van der Waals surface area contributed by atoms with Gasteiger partial charge in [-0.1, -0.05) is 49.6 Å². The minimum Gasteiger partial charge on any atom is -0.307 e. The Balaban J connectivity index is 2.25. The third-order valence-corrected chi connectivity index (χ3v) is 4.80. The molecular weight excluding hydrogens is 345 g/mol. The van der Waals surface area contributed by atoms with Crippen molar-refractivity contribution in [2.45, 2.75) is 51.5 Å². The Hall–Kier alpha value is -0.350. The maximum Gasteiger partial charge on any atom is 0.0546 e. The molecule has 1 unspecified atom stereocenters. The van der Waals surface area contributed by atoms with Gasteiger partial charge in [0.05, 0.1) is 6.04 Å². The van der Waals surface area contributed by atoms with Gasteiger partial charge < -0.3 is 5.32 Å². The van der Waals surface area contributed by atoms with Gasteiger partial charge in [-0.3, -0.25) is 0 Å². The van der Waals surface area contributed by atoms with Gasteiger partial charge in [0.2, 0.25) is 0 Å². The standard InChI is InChI=1S/C17H24IN/c1-2-19-17(15-12-8-9-13-16(15)18)14-10-6-4-3-5-7-11-14/h8-10,12-13,17,19H,2-7,11H2,1H3/b14-10+. The van der Waals surface area contributed by atoms with Gasteiger partial charge in [0.25, 0.3) is 0 Å². The van der Waals surface area contributed by atoms with Crippen molar-refractivity contribution >= 4 is 22.6 Å². The molecule has 19 heavy (non-hydrogen) atoms. The van der Waals surface area contributed by atoms with Crippen molar-refractivity contribution in [3.8, 4) is 0 Å². The highest BCUT2D eigenvalue weighted by atomic mass is 127. The van der Waals surface area contributed by atoms with Gasteiger partial charge in [0, 0.05) is 3.57 Å². The van der Waals surface area contributed by atoms with E-state index in [1.54, 1.807) is 5.57 Å². The molecule has 1 nitrogen and oxygen atoms in total. The molecule has 0 heterocycles. The van der Waals surface area contributed by atoms with E-state index in [0.29, 0.717) is 6.04 Å². The third-order valence-electron chi connectivity index (χ3n) is 3.82. The Morgan fingerprint density at radius 3 is 2.74 bits per heavy atom. The highest BCUT2D eigenvalue weighted by Gasteiger charge is 2.18. The summed E-state index contributed by atoms with van der Waals surface area (Å²) in [7, 11) is 0. The first-order valence-corrected chi connectivity index (χ1v) is 8.57. The van der Waals surface area contributed by atoms with Crippen LogP contribution in [0.2, 0.25) is 0 Å². The summed E-state index contributed by atoms with van der Waals surface area (Å²) in [6.45, 7) is 3.22. The fourth-order valence-corrected chi connectivity index (χ4v) is 3.53. The van der Waals surface area contributed by atoms with E-state index in [-0.39, 0.29) is 0 Å². The number of hydrogen-bond donors (Lipinski definition) is 1. The van der Waals surface area contributed by atoms with Crippen molar-refractivity contribution in [3.05, 3.63) is 45.0 Å². The van der Waals surface area contributed by atoms with E-state index in [9.17, 15) is 0 Å². The Morgan fingerprint density at radius 1 is 1.16 bits per heavy atom. The van der Waals surface area contributed by atoms with Gasteiger partial charge in [-0.25, -0.2) is 0 Å². The predicted molar refractivity (Wildman–Crippen MR) is 91.4 cm³/mol. The molecular formula is C17H24IN. The van der Waals surface area contributed by atoms with Crippen LogP contribution < -0.4 is 5.32 Å². The van der Waals surface area contributed by atoms with Crippen molar-refractivity contribution in [1.82, 2.24) is 5.32 Å². The quantitative estimate of drug-likeness (QED) is 0.567. The number of hydrogen-bond acceptors (Lipinski definition) is 1. The van der Waals surface area contributed by atoms with Crippen LogP contribution in [-0.4, -0.2) is 6.54 Å². The maximum absolute atomic E-state index is 3.68. The molecule has 2 heteroatoms. The third kappa shape index (κ3) is 4.32. The summed E-state index contributed by atoms with van der Waals surface area (Å²) in [5.74, 6) is 0. The molecule has 1 N–H and O–H groups in total. The number of likely N-dealkylation sites (N-methyl/N-ethyl adjacent to an activating group) is 1. The Labute approximate surface area is 131 Å².